The number of allylic oxidation sites excluding steroid dienone is 1. The monoisotopic (exact) mass is 443 g/mol. The summed E-state index contributed by atoms with van der Waals surface area (Å²) in [4.78, 5) is 9.93. The zero-order chi connectivity index (χ0) is 23.2. The van der Waals surface area contributed by atoms with Crippen molar-refractivity contribution >= 4 is 34.1 Å². The Balaban J connectivity index is 1.48. The minimum atomic E-state index is 0.348. The zero-order valence-corrected chi connectivity index (χ0v) is 19.2. The minimum Gasteiger partial charge on any atom is -0.404 e. The summed E-state index contributed by atoms with van der Waals surface area (Å²) >= 11 is 0. The quantitative estimate of drug-likeness (QED) is 0.198. The molecule has 2 heterocycles. The van der Waals surface area contributed by atoms with E-state index in [0.717, 1.165) is 47.4 Å². The van der Waals surface area contributed by atoms with Crippen LogP contribution in [0.3, 0.4) is 0 Å². The first-order valence-corrected chi connectivity index (χ1v) is 11.5. The van der Waals surface area contributed by atoms with Crippen molar-refractivity contribution in [1.29, 1.82) is 5.41 Å². The highest BCUT2D eigenvalue weighted by Gasteiger charge is 2.14. The Labute approximate surface area is 195 Å². The second kappa shape index (κ2) is 10.5. The van der Waals surface area contributed by atoms with Gasteiger partial charge in [-0.25, -0.2) is 0 Å². The number of likely N-dealkylation sites (tertiary alicyclic amines) is 1. The van der Waals surface area contributed by atoms with Gasteiger partial charge in [-0.2, -0.15) is 0 Å². The van der Waals surface area contributed by atoms with E-state index in [-0.39, 0.29) is 0 Å². The summed E-state index contributed by atoms with van der Waals surface area (Å²) < 4.78 is 0. The molecule has 0 spiro atoms. The molecule has 1 aliphatic rings. The number of hydrogen-bond acceptors (Lipinski definition) is 6. The van der Waals surface area contributed by atoms with E-state index in [1.165, 1.54) is 37.7 Å². The van der Waals surface area contributed by atoms with Gasteiger partial charge in [0.1, 0.15) is 0 Å². The first-order valence-electron chi connectivity index (χ1n) is 11.5. The number of rotatable bonds is 9. The number of nitrogens with two attached hydrogens (primary N) is 2. The number of nitrogens with zero attached hydrogens (tertiary/aromatic N) is 2. The maximum Gasteiger partial charge on any atom is 0.0868 e. The molecule has 0 atom stereocenters. The van der Waals surface area contributed by atoms with Crippen molar-refractivity contribution in [3.05, 3.63) is 71.0 Å². The van der Waals surface area contributed by atoms with Gasteiger partial charge in [0.25, 0.3) is 0 Å². The molecule has 0 unspecified atom stereocenters. The fraction of sp³-hybridized carbons (Fsp3) is 0.308. The SMILES string of the molecule is CN=C/C(=C\N)c1ccc(N)c(C(=N)c2cc3cc(CNCCN4CCCC4)ccc3[nH]2)c1. The molecule has 4 rings (SSSR count). The first-order chi connectivity index (χ1) is 16.1. The minimum absolute atomic E-state index is 0.348. The predicted octanol–water partition coefficient (Wildman–Crippen LogP) is 3.35. The number of anilines is 1. The third-order valence-electron chi connectivity index (χ3n) is 6.19. The van der Waals surface area contributed by atoms with Gasteiger partial charge in [-0.15, -0.1) is 0 Å². The Hall–Kier alpha value is -3.42. The Morgan fingerprint density at radius 1 is 1.18 bits per heavy atom. The average molecular weight is 444 g/mol. The normalized spacial score (nSPS) is 15.1. The number of aliphatic imine (C=N–C) groups is 1. The molecule has 3 aromatic rings. The molecule has 1 fully saturated rings. The summed E-state index contributed by atoms with van der Waals surface area (Å²) in [5.74, 6) is 0. The molecule has 0 amide bonds. The van der Waals surface area contributed by atoms with Crippen LogP contribution < -0.4 is 16.8 Å². The van der Waals surface area contributed by atoms with Crippen molar-refractivity contribution < 1.29 is 0 Å². The highest BCUT2D eigenvalue weighted by atomic mass is 15.1. The summed E-state index contributed by atoms with van der Waals surface area (Å²) in [6.07, 6.45) is 5.86. The second-order valence-corrected chi connectivity index (χ2v) is 8.52. The molecule has 1 aliphatic heterocycles. The van der Waals surface area contributed by atoms with Gasteiger partial charge < -0.3 is 26.7 Å². The molecule has 1 aromatic heterocycles. The Kier molecular flexibility index (Phi) is 7.22. The lowest BCUT2D eigenvalue weighted by Crippen LogP contribution is -2.29. The predicted molar refractivity (Wildman–Crippen MR) is 139 cm³/mol. The van der Waals surface area contributed by atoms with Crippen molar-refractivity contribution in [3.8, 4) is 0 Å². The molecule has 0 radical (unpaired) electrons. The van der Waals surface area contributed by atoms with E-state index in [4.69, 9.17) is 16.9 Å². The molecule has 2 aromatic carbocycles. The first kappa shape index (κ1) is 22.8. The van der Waals surface area contributed by atoms with E-state index in [9.17, 15) is 0 Å². The molecule has 7 nitrogen and oxygen atoms in total. The lowest BCUT2D eigenvalue weighted by Gasteiger charge is -2.14. The topological polar surface area (TPSA) is 119 Å². The van der Waals surface area contributed by atoms with Gasteiger partial charge in [0.2, 0.25) is 0 Å². The van der Waals surface area contributed by atoms with Gasteiger partial charge in [0.05, 0.1) is 11.4 Å². The van der Waals surface area contributed by atoms with E-state index < -0.39 is 0 Å². The van der Waals surface area contributed by atoms with Crippen molar-refractivity contribution in [2.45, 2.75) is 19.4 Å². The Morgan fingerprint density at radius 2 is 2.00 bits per heavy atom. The van der Waals surface area contributed by atoms with Crippen molar-refractivity contribution in [1.82, 2.24) is 15.2 Å². The summed E-state index contributed by atoms with van der Waals surface area (Å²) in [5.41, 5.74) is 18.2. The maximum atomic E-state index is 8.80. The number of nitrogens with one attached hydrogen (secondary N) is 3. The van der Waals surface area contributed by atoms with E-state index in [1.807, 2.05) is 18.2 Å². The van der Waals surface area contributed by atoms with Crippen LogP contribution in [-0.2, 0) is 6.54 Å². The lowest BCUT2D eigenvalue weighted by atomic mass is 9.99. The molecule has 0 bridgehead atoms. The molecule has 0 saturated carbocycles. The van der Waals surface area contributed by atoms with Gasteiger partial charge in [-0.3, -0.25) is 10.4 Å². The fourth-order valence-electron chi connectivity index (χ4n) is 4.35. The molecule has 0 aliphatic carbocycles. The van der Waals surface area contributed by atoms with E-state index in [1.54, 1.807) is 19.3 Å². The van der Waals surface area contributed by atoms with Crippen LogP contribution in [0.15, 0.2) is 53.7 Å². The lowest BCUT2D eigenvalue weighted by molar-refractivity contribution is 0.335. The van der Waals surface area contributed by atoms with E-state index in [0.29, 0.717) is 17.0 Å². The summed E-state index contributed by atoms with van der Waals surface area (Å²) in [6.45, 7) is 5.41. The van der Waals surface area contributed by atoms with Crippen LogP contribution in [0.1, 0.15) is 35.2 Å². The standard InChI is InChI=1S/C26H33N7/c1-30-17-21(15-27)19-5-6-23(28)22(13-19)26(29)25-14-20-12-18(4-7-24(20)32-25)16-31-8-11-33-9-2-3-10-33/h4-7,12-15,17,29,31-32H,2-3,8-11,16,27-28H2,1H3/b21-15+,29-26?,30-17?. The summed E-state index contributed by atoms with van der Waals surface area (Å²) in [7, 11) is 1.70. The number of fused-ring (bicyclic) bond motifs is 1. The van der Waals surface area contributed by atoms with Crippen molar-refractivity contribution in [2.24, 2.45) is 10.7 Å². The molecule has 1 saturated heterocycles. The zero-order valence-electron chi connectivity index (χ0n) is 19.2. The maximum absolute atomic E-state index is 8.80. The largest absolute Gasteiger partial charge is 0.404 e. The van der Waals surface area contributed by atoms with Crippen LogP contribution in [0.4, 0.5) is 5.69 Å². The highest BCUT2D eigenvalue weighted by molar-refractivity contribution is 6.16. The molecule has 7 N–H and O–H groups in total. The molecule has 33 heavy (non-hydrogen) atoms. The number of hydrogen-bond donors (Lipinski definition) is 5. The van der Waals surface area contributed by atoms with Gasteiger partial charge in [-0.1, -0.05) is 12.1 Å². The molecular formula is C26H33N7. The van der Waals surface area contributed by atoms with Crippen LogP contribution in [0.5, 0.6) is 0 Å². The van der Waals surface area contributed by atoms with Gasteiger partial charge >= 0.3 is 0 Å². The molecule has 172 valence electrons. The number of aromatic nitrogens is 1. The smallest absolute Gasteiger partial charge is 0.0868 e. The van der Waals surface area contributed by atoms with Crippen molar-refractivity contribution in [3.63, 3.8) is 0 Å². The van der Waals surface area contributed by atoms with Gasteiger partial charge in [0.15, 0.2) is 0 Å². The van der Waals surface area contributed by atoms with E-state index >= 15 is 0 Å². The fourth-order valence-corrected chi connectivity index (χ4v) is 4.35. The molecule has 7 heteroatoms. The average Bonchev–Trinajstić information content (AvgIpc) is 3.50. The van der Waals surface area contributed by atoms with Crippen LogP contribution in [0, 0.1) is 5.41 Å². The number of aromatic amines is 1. The van der Waals surface area contributed by atoms with Crippen molar-refractivity contribution in [2.75, 3.05) is 39.0 Å². The van der Waals surface area contributed by atoms with Crippen LogP contribution in [0.25, 0.3) is 16.5 Å². The number of benzene rings is 2. The van der Waals surface area contributed by atoms with Crippen LogP contribution in [0.2, 0.25) is 0 Å². The third kappa shape index (κ3) is 5.32. The van der Waals surface area contributed by atoms with Crippen LogP contribution in [-0.4, -0.2) is 55.0 Å². The Bertz CT molecular complexity index is 1180. The van der Waals surface area contributed by atoms with Crippen LogP contribution >= 0.6 is 0 Å². The third-order valence-corrected chi connectivity index (χ3v) is 6.19. The number of nitrogen functional groups attached to an aromatic ring is 1. The second-order valence-electron chi connectivity index (χ2n) is 8.52. The Morgan fingerprint density at radius 3 is 2.76 bits per heavy atom. The highest BCUT2D eigenvalue weighted by Crippen LogP contribution is 2.24. The number of H-pyrrole nitrogens is 1. The molecular weight excluding hydrogens is 410 g/mol. The van der Waals surface area contributed by atoms with E-state index in [2.05, 4.69) is 38.4 Å². The summed E-state index contributed by atoms with van der Waals surface area (Å²) in [6, 6.07) is 14.0. The summed E-state index contributed by atoms with van der Waals surface area (Å²) in [5, 5.41) is 13.4. The van der Waals surface area contributed by atoms with Gasteiger partial charge in [0, 0.05) is 66.8 Å². The van der Waals surface area contributed by atoms with Gasteiger partial charge in [-0.05, 0) is 67.4 Å².